The third-order valence-electron chi connectivity index (χ3n) is 3.05. The van der Waals surface area contributed by atoms with Crippen molar-refractivity contribution in [1.29, 1.82) is 0 Å². The summed E-state index contributed by atoms with van der Waals surface area (Å²) < 4.78 is 0.594. The Labute approximate surface area is 126 Å². The Hall–Kier alpha value is -1.56. The summed E-state index contributed by atoms with van der Waals surface area (Å²) in [4.78, 5) is 22.8. The molecule has 0 aromatic heterocycles. The average molecular weight is 343 g/mol. The summed E-state index contributed by atoms with van der Waals surface area (Å²) in [6.45, 7) is 8.00. The Kier molecular flexibility index (Phi) is 5.16. The second-order valence-electron chi connectivity index (χ2n) is 5.72. The molecule has 1 aromatic rings. The summed E-state index contributed by atoms with van der Waals surface area (Å²) in [6.07, 6.45) is 0. The molecule has 0 bridgehead atoms. The number of carboxylic acid groups (broad SMARTS) is 1. The molecule has 1 rings (SSSR count). The van der Waals surface area contributed by atoms with Gasteiger partial charge >= 0.3 is 12.0 Å². The lowest BCUT2D eigenvalue weighted by Gasteiger charge is -2.28. The Balaban J connectivity index is 2.78. The quantitative estimate of drug-likeness (QED) is 0.783. The minimum atomic E-state index is -1.04. The van der Waals surface area contributed by atoms with Gasteiger partial charge in [0.1, 0.15) is 0 Å². The molecule has 2 amide bonds. The van der Waals surface area contributed by atoms with E-state index in [9.17, 15) is 9.59 Å². The molecule has 3 N–H and O–H groups in total. The highest BCUT2D eigenvalue weighted by atomic mass is 79.9. The first-order valence-corrected chi connectivity index (χ1v) is 7.00. The van der Waals surface area contributed by atoms with Crippen molar-refractivity contribution in [2.75, 3.05) is 5.32 Å². The van der Waals surface area contributed by atoms with Gasteiger partial charge in [-0.05, 0) is 30.5 Å². The van der Waals surface area contributed by atoms with E-state index in [1.54, 1.807) is 6.07 Å². The summed E-state index contributed by atoms with van der Waals surface area (Å²) in [5, 5.41) is 14.4. The van der Waals surface area contributed by atoms with E-state index in [0.717, 1.165) is 0 Å². The van der Waals surface area contributed by atoms with Crippen LogP contribution >= 0.6 is 15.9 Å². The molecule has 0 saturated heterocycles. The summed E-state index contributed by atoms with van der Waals surface area (Å²) in [5.41, 5.74) is 0.481. The Morgan fingerprint density at radius 3 is 2.35 bits per heavy atom. The maximum Gasteiger partial charge on any atom is 0.335 e. The molecule has 20 heavy (non-hydrogen) atoms. The minimum absolute atomic E-state index is 0.0198. The first-order valence-electron chi connectivity index (χ1n) is 6.21. The molecule has 0 aliphatic carbocycles. The van der Waals surface area contributed by atoms with Crippen LogP contribution in [0.4, 0.5) is 10.5 Å². The van der Waals surface area contributed by atoms with Crippen molar-refractivity contribution in [3.8, 4) is 0 Å². The highest BCUT2D eigenvalue weighted by molar-refractivity contribution is 9.10. The lowest BCUT2D eigenvalue weighted by Crippen LogP contribution is -2.43. The van der Waals surface area contributed by atoms with Gasteiger partial charge in [0.25, 0.3) is 0 Å². The third kappa shape index (κ3) is 4.85. The smallest absolute Gasteiger partial charge is 0.335 e. The molecule has 1 atom stereocenters. The van der Waals surface area contributed by atoms with Crippen molar-refractivity contribution < 1.29 is 14.7 Å². The number of nitrogens with one attached hydrogen (secondary N) is 2. The van der Waals surface area contributed by atoms with Crippen molar-refractivity contribution in [1.82, 2.24) is 5.32 Å². The highest BCUT2D eigenvalue weighted by Gasteiger charge is 2.21. The van der Waals surface area contributed by atoms with E-state index in [1.807, 2.05) is 27.7 Å². The van der Waals surface area contributed by atoms with Crippen LogP contribution < -0.4 is 10.6 Å². The van der Waals surface area contributed by atoms with Crippen LogP contribution in [0.15, 0.2) is 22.7 Å². The van der Waals surface area contributed by atoms with E-state index in [4.69, 9.17) is 5.11 Å². The molecule has 0 heterocycles. The van der Waals surface area contributed by atoms with E-state index in [2.05, 4.69) is 26.6 Å². The maximum atomic E-state index is 11.9. The van der Waals surface area contributed by atoms with Crippen LogP contribution in [-0.4, -0.2) is 23.1 Å². The fraction of sp³-hybridized carbons (Fsp3) is 0.429. The van der Waals surface area contributed by atoms with E-state index in [1.165, 1.54) is 12.1 Å². The van der Waals surface area contributed by atoms with E-state index in [-0.39, 0.29) is 23.1 Å². The Bertz CT molecular complexity index is 524. The van der Waals surface area contributed by atoms with Gasteiger partial charge in [-0.3, -0.25) is 0 Å². The second kappa shape index (κ2) is 6.26. The van der Waals surface area contributed by atoms with Gasteiger partial charge in [-0.15, -0.1) is 0 Å². The molecular formula is C14H19BrN2O3. The van der Waals surface area contributed by atoms with Crippen molar-refractivity contribution in [2.45, 2.75) is 33.7 Å². The van der Waals surface area contributed by atoms with E-state index >= 15 is 0 Å². The lowest BCUT2D eigenvalue weighted by molar-refractivity contribution is 0.0697. The number of carbonyl (C=O) groups excluding carboxylic acids is 1. The number of halogens is 1. The fourth-order valence-electron chi connectivity index (χ4n) is 1.37. The van der Waals surface area contributed by atoms with Crippen LogP contribution in [0.5, 0.6) is 0 Å². The summed E-state index contributed by atoms with van der Waals surface area (Å²) in [6, 6.07) is 4.15. The van der Waals surface area contributed by atoms with Gasteiger partial charge in [0, 0.05) is 16.2 Å². The predicted octanol–water partition coefficient (Wildman–Crippen LogP) is 3.70. The number of anilines is 1. The molecule has 5 nitrogen and oxygen atoms in total. The van der Waals surface area contributed by atoms with Crippen LogP contribution in [0.25, 0.3) is 0 Å². The SMILES string of the molecule is CC(NC(=O)Nc1cc(Br)cc(C(=O)O)c1)C(C)(C)C. The zero-order valence-corrected chi connectivity index (χ0v) is 13.5. The van der Waals surface area contributed by atoms with Gasteiger partial charge in [-0.1, -0.05) is 36.7 Å². The molecule has 0 aliphatic heterocycles. The number of rotatable bonds is 3. The number of aromatic carboxylic acids is 1. The fourth-order valence-corrected chi connectivity index (χ4v) is 1.86. The summed E-state index contributed by atoms with van der Waals surface area (Å²) in [5.74, 6) is -1.04. The normalized spacial score (nSPS) is 12.7. The van der Waals surface area contributed by atoms with Gasteiger partial charge in [0.2, 0.25) is 0 Å². The third-order valence-corrected chi connectivity index (χ3v) is 3.51. The number of benzene rings is 1. The van der Waals surface area contributed by atoms with Gasteiger partial charge in [0.05, 0.1) is 5.56 Å². The molecule has 110 valence electrons. The molecule has 6 heteroatoms. The molecule has 0 saturated carbocycles. The van der Waals surface area contributed by atoms with Crippen molar-refractivity contribution in [3.05, 3.63) is 28.2 Å². The van der Waals surface area contributed by atoms with Crippen molar-refractivity contribution in [3.63, 3.8) is 0 Å². The molecule has 0 spiro atoms. The van der Waals surface area contributed by atoms with Crippen LogP contribution in [0.3, 0.4) is 0 Å². The largest absolute Gasteiger partial charge is 0.478 e. The Morgan fingerprint density at radius 2 is 1.85 bits per heavy atom. The van der Waals surface area contributed by atoms with Gasteiger partial charge in [-0.25, -0.2) is 9.59 Å². The number of carboxylic acids is 1. The minimum Gasteiger partial charge on any atom is -0.478 e. The molecule has 1 aromatic carbocycles. The molecule has 1 unspecified atom stereocenters. The molecule has 0 aliphatic rings. The van der Waals surface area contributed by atoms with Gasteiger partial charge in [-0.2, -0.15) is 0 Å². The zero-order chi connectivity index (χ0) is 15.5. The van der Waals surface area contributed by atoms with Crippen molar-refractivity contribution >= 4 is 33.6 Å². The number of hydrogen-bond acceptors (Lipinski definition) is 2. The first-order chi connectivity index (χ1) is 9.09. The second-order valence-corrected chi connectivity index (χ2v) is 6.64. The molecular weight excluding hydrogens is 324 g/mol. The first kappa shape index (κ1) is 16.5. The van der Waals surface area contributed by atoms with Crippen LogP contribution in [-0.2, 0) is 0 Å². The Morgan fingerprint density at radius 1 is 1.25 bits per heavy atom. The standard InChI is InChI=1S/C14H19BrN2O3/c1-8(14(2,3)4)16-13(20)17-11-6-9(12(18)19)5-10(15)7-11/h5-8H,1-4H3,(H,18,19)(H2,16,17,20). The van der Waals surface area contributed by atoms with Crippen LogP contribution in [0.1, 0.15) is 38.1 Å². The predicted molar refractivity (Wildman–Crippen MR) is 82.2 cm³/mol. The van der Waals surface area contributed by atoms with Crippen LogP contribution in [0, 0.1) is 5.41 Å². The highest BCUT2D eigenvalue weighted by Crippen LogP contribution is 2.21. The van der Waals surface area contributed by atoms with Crippen molar-refractivity contribution in [2.24, 2.45) is 5.41 Å². The molecule has 0 fully saturated rings. The van der Waals surface area contributed by atoms with E-state index in [0.29, 0.717) is 10.2 Å². The van der Waals surface area contributed by atoms with Gasteiger partial charge in [0.15, 0.2) is 0 Å². The average Bonchev–Trinajstić information content (AvgIpc) is 2.26. The van der Waals surface area contributed by atoms with Crippen LogP contribution in [0.2, 0.25) is 0 Å². The number of carbonyl (C=O) groups is 2. The van der Waals surface area contributed by atoms with E-state index < -0.39 is 5.97 Å². The summed E-state index contributed by atoms with van der Waals surface area (Å²) >= 11 is 3.22. The molecule has 0 radical (unpaired) electrons. The van der Waals surface area contributed by atoms with Gasteiger partial charge < -0.3 is 15.7 Å². The summed E-state index contributed by atoms with van der Waals surface area (Å²) in [7, 11) is 0. The monoisotopic (exact) mass is 342 g/mol. The lowest BCUT2D eigenvalue weighted by atomic mass is 9.88. The number of urea groups is 1. The maximum absolute atomic E-state index is 11.9. The number of hydrogen-bond donors (Lipinski definition) is 3. The zero-order valence-electron chi connectivity index (χ0n) is 12.0. The topological polar surface area (TPSA) is 78.4 Å². The number of amides is 2.